The number of anilines is 2. The van der Waals surface area contributed by atoms with Crippen LogP contribution in [0.3, 0.4) is 0 Å². The summed E-state index contributed by atoms with van der Waals surface area (Å²) in [6.07, 6.45) is 5.12. The Morgan fingerprint density at radius 3 is 2.64 bits per heavy atom. The number of hydrogen-bond donors (Lipinski definition) is 2. The molecule has 0 unspecified atom stereocenters. The molecule has 0 fully saturated rings. The number of aromatic nitrogens is 3. The third-order valence-electron chi connectivity index (χ3n) is 2.06. The lowest BCUT2D eigenvalue weighted by Crippen LogP contribution is -2.06. The van der Waals surface area contributed by atoms with Crippen LogP contribution in [-0.4, -0.2) is 14.5 Å². The first-order valence-electron chi connectivity index (χ1n) is 4.20. The summed E-state index contributed by atoms with van der Waals surface area (Å²) in [7, 11) is 0. The van der Waals surface area contributed by atoms with Gasteiger partial charge in [0.1, 0.15) is 5.82 Å². The van der Waals surface area contributed by atoms with E-state index >= 15 is 0 Å². The third kappa shape index (κ3) is 1.19. The van der Waals surface area contributed by atoms with Gasteiger partial charge < -0.3 is 11.5 Å². The van der Waals surface area contributed by atoms with Gasteiger partial charge in [-0.05, 0) is 13.0 Å². The molecule has 2 rings (SSSR count). The third-order valence-corrected chi connectivity index (χ3v) is 2.06. The van der Waals surface area contributed by atoms with Gasteiger partial charge in [-0.15, -0.1) is 0 Å². The largest absolute Gasteiger partial charge is 0.397 e. The van der Waals surface area contributed by atoms with E-state index in [1.54, 1.807) is 29.2 Å². The molecule has 5 nitrogen and oxygen atoms in total. The van der Waals surface area contributed by atoms with Gasteiger partial charge in [0.15, 0.2) is 5.82 Å². The predicted octanol–water partition coefficient (Wildman–Crippen LogP) is 0.740. The smallest absolute Gasteiger partial charge is 0.163 e. The number of nitrogen functional groups attached to an aromatic ring is 2. The van der Waals surface area contributed by atoms with Gasteiger partial charge in [0.25, 0.3) is 0 Å². The average molecular weight is 189 g/mol. The Bertz CT molecular complexity index is 460. The minimum Gasteiger partial charge on any atom is -0.397 e. The van der Waals surface area contributed by atoms with E-state index in [1.165, 1.54) is 0 Å². The monoisotopic (exact) mass is 189 g/mol. The first-order valence-corrected chi connectivity index (χ1v) is 4.20. The molecule has 72 valence electrons. The van der Waals surface area contributed by atoms with Crippen molar-refractivity contribution in [2.45, 2.75) is 6.92 Å². The van der Waals surface area contributed by atoms with Crippen molar-refractivity contribution in [3.05, 3.63) is 30.5 Å². The molecule has 2 aromatic rings. The topological polar surface area (TPSA) is 82.8 Å². The van der Waals surface area contributed by atoms with Gasteiger partial charge in [0.05, 0.1) is 11.4 Å². The van der Waals surface area contributed by atoms with Crippen molar-refractivity contribution in [1.29, 1.82) is 0 Å². The Morgan fingerprint density at radius 1 is 1.21 bits per heavy atom. The van der Waals surface area contributed by atoms with Crippen LogP contribution in [0.15, 0.2) is 24.7 Å². The fraction of sp³-hybridized carbons (Fsp3) is 0.111. The van der Waals surface area contributed by atoms with E-state index < -0.39 is 0 Å². The fourth-order valence-corrected chi connectivity index (χ4v) is 1.27. The van der Waals surface area contributed by atoms with Gasteiger partial charge in [-0.3, -0.25) is 4.57 Å². The van der Waals surface area contributed by atoms with Crippen molar-refractivity contribution in [3.8, 4) is 5.82 Å². The summed E-state index contributed by atoms with van der Waals surface area (Å²) in [6, 6.07) is 1.67. The van der Waals surface area contributed by atoms with Crippen molar-refractivity contribution >= 4 is 11.4 Å². The lowest BCUT2D eigenvalue weighted by Gasteiger charge is -2.08. The van der Waals surface area contributed by atoms with Crippen LogP contribution in [-0.2, 0) is 0 Å². The van der Waals surface area contributed by atoms with E-state index in [0.717, 1.165) is 5.82 Å². The Hall–Kier alpha value is -2.04. The number of hydrogen-bond acceptors (Lipinski definition) is 4. The molecule has 0 bridgehead atoms. The van der Waals surface area contributed by atoms with Crippen LogP contribution < -0.4 is 11.5 Å². The Balaban J connectivity index is 2.63. The number of imidazole rings is 1. The highest BCUT2D eigenvalue weighted by Gasteiger charge is 2.07. The predicted molar refractivity (Wildman–Crippen MR) is 54.9 cm³/mol. The maximum atomic E-state index is 5.81. The molecule has 2 heterocycles. The van der Waals surface area contributed by atoms with E-state index in [2.05, 4.69) is 9.97 Å². The minimum absolute atomic E-state index is 0.480. The molecule has 2 aromatic heterocycles. The van der Waals surface area contributed by atoms with Gasteiger partial charge >= 0.3 is 0 Å². The molecular formula is C9H11N5. The molecule has 0 aliphatic heterocycles. The summed E-state index contributed by atoms with van der Waals surface area (Å²) >= 11 is 0. The average Bonchev–Trinajstić information content (AvgIpc) is 2.57. The van der Waals surface area contributed by atoms with Crippen molar-refractivity contribution in [2.24, 2.45) is 0 Å². The van der Waals surface area contributed by atoms with Crippen LogP contribution in [0.25, 0.3) is 5.82 Å². The number of pyridine rings is 1. The van der Waals surface area contributed by atoms with Gasteiger partial charge in [-0.25, -0.2) is 9.97 Å². The van der Waals surface area contributed by atoms with Gasteiger partial charge in [-0.1, -0.05) is 0 Å². The Kier molecular flexibility index (Phi) is 1.85. The summed E-state index contributed by atoms with van der Waals surface area (Å²) in [6.45, 7) is 1.88. The van der Waals surface area contributed by atoms with Crippen molar-refractivity contribution in [2.75, 3.05) is 11.5 Å². The first-order chi connectivity index (χ1) is 6.70. The summed E-state index contributed by atoms with van der Waals surface area (Å²) in [4.78, 5) is 8.25. The van der Waals surface area contributed by atoms with Crippen LogP contribution >= 0.6 is 0 Å². The highest BCUT2D eigenvalue weighted by molar-refractivity contribution is 5.70. The molecule has 0 aliphatic rings. The Labute approximate surface area is 81.4 Å². The van der Waals surface area contributed by atoms with Gasteiger partial charge in [0.2, 0.25) is 0 Å². The van der Waals surface area contributed by atoms with Crippen molar-refractivity contribution < 1.29 is 0 Å². The van der Waals surface area contributed by atoms with Crippen LogP contribution in [0.2, 0.25) is 0 Å². The summed E-state index contributed by atoms with van der Waals surface area (Å²) in [5.74, 6) is 1.45. The molecule has 0 aliphatic carbocycles. The first kappa shape index (κ1) is 8.55. The van der Waals surface area contributed by atoms with Crippen LogP contribution in [0.4, 0.5) is 11.4 Å². The van der Waals surface area contributed by atoms with Crippen LogP contribution in [0.1, 0.15) is 5.82 Å². The lowest BCUT2D eigenvalue weighted by atomic mass is 10.3. The second-order valence-electron chi connectivity index (χ2n) is 2.98. The zero-order chi connectivity index (χ0) is 10.1. The highest BCUT2D eigenvalue weighted by atomic mass is 15.1. The zero-order valence-electron chi connectivity index (χ0n) is 7.81. The van der Waals surface area contributed by atoms with Crippen molar-refractivity contribution in [1.82, 2.24) is 14.5 Å². The molecule has 4 N–H and O–H groups in total. The van der Waals surface area contributed by atoms with Gasteiger partial charge in [0, 0.05) is 18.6 Å². The molecule has 0 spiro atoms. The molecule has 0 atom stereocenters. The molecule has 0 radical (unpaired) electrons. The zero-order valence-corrected chi connectivity index (χ0v) is 7.81. The molecule has 0 amide bonds. The van der Waals surface area contributed by atoms with Crippen LogP contribution in [0, 0.1) is 6.92 Å². The van der Waals surface area contributed by atoms with E-state index in [9.17, 15) is 0 Å². The van der Waals surface area contributed by atoms with E-state index in [1.807, 2.05) is 6.92 Å². The van der Waals surface area contributed by atoms with E-state index in [0.29, 0.717) is 17.2 Å². The molecular weight excluding hydrogens is 178 g/mol. The van der Waals surface area contributed by atoms with Gasteiger partial charge in [-0.2, -0.15) is 0 Å². The van der Waals surface area contributed by atoms with E-state index in [-0.39, 0.29) is 0 Å². The maximum absolute atomic E-state index is 5.81. The Morgan fingerprint density at radius 2 is 2.00 bits per heavy atom. The number of aryl methyl sites for hydroxylation is 1. The second kappa shape index (κ2) is 3.02. The fourth-order valence-electron chi connectivity index (χ4n) is 1.27. The lowest BCUT2D eigenvalue weighted by molar-refractivity contribution is 0.937. The normalized spacial score (nSPS) is 10.4. The molecule has 0 saturated heterocycles. The molecule has 5 heteroatoms. The second-order valence-corrected chi connectivity index (χ2v) is 2.98. The molecule has 14 heavy (non-hydrogen) atoms. The molecule has 0 aromatic carbocycles. The van der Waals surface area contributed by atoms with Crippen molar-refractivity contribution in [3.63, 3.8) is 0 Å². The molecule has 0 saturated carbocycles. The number of nitrogens with two attached hydrogens (primary N) is 2. The summed E-state index contributed by atoms with van der Waals surface area (Å²) in [5, 5.41) is 0. The number of rotatable bonds is 1. The standard InChI is InChI=1S/C9H11N5/c1-6-12-4-5-14(6)9-8(11)7(10)2-3-13-9/h2-5H,11H2,1H3,(H2,10,13). The SMILES string of the molecule is Cc1nccn1-c1nccc(N)c1N. The van der Waals surface area contributed by atoms with Crippen LogP contribution in [0.5, 0.6) is 0 Å². The summed E-state index contributed by atoms with van der Waals surface area (Å²) in [5.41, 5.74) is 12.5. The quantitative estimate of drug-likeness (QED) is 0.693. The minimum atomic E-state index is 0.480. The van der Waals surface area contributed by atoms with E-state index in [4.69, 9.17) is 11.5 Å². The number of nitrogens with zero attached hydrogens (tertiary/aromatic N) is 3. The maximum Gasteiger partial charge on any atom is 0.163 e. The highest BCUT2D eigenvalue weighted by Crippen LogP contribution is 2.21. The summed E-state index contributed by atoms with van der Waals surface area (Å²) < 4.78 is 1.80.